The Morgan fingerprint density at radius 2 is 1.93 bits per heavy atom. The lowest BCUT2D eigenvalue weighted by Crippen LogP contribution is -2.48. The summed E-state index contributed by atoms with van der Waals surface area (Å²) >= 11 is 1.62. The molecule has 1 aromatic heterocycles. The summed E-state index contributed by atoms with van der Waals surface area (Å²) in [4.78, 5) is 13.7. The molecule has 5 nitrogen and oxygen atoms in total. The van der Waals surface area contributed by atoms with E-state index in [0.717, 1.165) is 16.2 Å². The van der Waals surface area contributed by atoms with E-state index >= 15 is 0 Å². The summed E-state index contributed by atoms with van der Waals surface area (Å²) in [5.74, 6) is 0.620. The Balaban J connectivity index is 1.60. The van der Waals surface area contributed by atoms with Gasteiger partial charge in [0, 0.05) is 30.0 Å². The number of methoxy groups -OCH3 is 1. The number of rotatable bonds is 10. The van der Waals surface area contributed by atoms with Crippen molar-refractivity contribution in [1.82, 2.24) is 10.6 Å². The molecule has 0 saturated heterocycles. The second kappa shape index (κ2) is 10.8. The van der Waals surface area contributed by atoms with E-state index in [1.54, 1.807) is 30.6 Å². The molecular formula is C23H26N2O3S. The van der Waals surface area contributed by atoms with Crippen molar-refractivity contribution in [2.24, 2.45) is 0 Å². The third kappa shape index (κ3) is 6.42. The lowest BCUT2D eigenvalue weighted by Gasteiger charge is -2.24. The maximum absolute atomic E-state index is 12.6. The molecule has 1 heterocycles. The van der Waals surface area contributed by atoms with Crippen molar-refractivity contribution in [3.8, 4) is 5.75 Å². The van der Waals surface area contributed by atoms with Crippen molar-refractivity contribution < 1.29 is 14.6 Å². The number of nitrogens with one attached hydrogen (secondary N) is 2. The molecule has 0 spiro atoms. The smallest absolute Gasteiger partial charge is 0.251 e. The average Bonchev–Trinajstić information content (AvgIpc) is 3.27. The molecule has 0 aliphatic carbocycles. The summed E-state index contributed by atoms with van der Waals surface area (Å²) in [6, 6.07) is 20.5. The number of benzene rings is 2. The van der Waals surface area contributed by atoms with Gasteiger partial charge in [0.1, 0.15) is 5.75 Å². The van der Waals surface area contributed by atoms with Gasteiger partial charge in [-0.15, -0.1) is 11.3 Å². The highest BCUT2D eigenvalue weighted by Crippen LogP contribution is 2.15. The Hall–Kier alpha value is -2.67. The Morgan fingerprint density at radius 1 is 1.10 bits per heavy atom. The second-order valence-electron chi connectivity index (χ2n) is 6.78. The minimum atomic E-state index is -0.727. The van der Waals surface area contributed by atoms with Gasteiger partial charge in [-0.25, -0.2) is 0 Å². The molecule has 3 aromatic rings. The third-order valence-corrected chi connectivity index (χ3v) is 5.53. The van der Waals surface area contributed by atoms with Crippen LogP contribution in [0.25, 0.3) is 0 Å². The SMILES string of the molecule is COc1cccc(CNC[C@@H](O)[C@H](Cc2cccs2)NC(=O)c2ccccc2)c1. The minimum absolute atomic E-state index is 0.181. The highest BCUT2D eigenvalue weighted by Gasteiger charge is 2.22. The van der Waals surface area contributed by atoms with Crippen molar-refractivity contribution in [1.29, 1.82) is 0 Å². The number of carbonyl (C=O) groups is 1. The van der Waals surface area contributed by atoms with Crippen LogP contribution in [-0.2, 0) is 13.0 Å². The quantitative estimate of drug-likeness (QED) is 0.480. The van der Waals surface area contributed by atoms with Gasteiger partial charge in [0.05, 0.1) is 19.3 Å². The fourth-order valence-electron chi connectivity index (χ4n) is 3.06. The van der Waals surface area contributed by atoms with Gasteiger partial charge in [-0.05, 0) is 41.3 Å². The van der Waals surface area contributed by atoms with Gasteiger partial charge >= 0.3 is 0 Å². The Morgan fingerprint density at radius 3 is 2.66 bits per heavy atom. The fourth-order valence-corrected chi connectivity index (χ4v) is 3.82. The topological polar surface area (TPSA) is 70.6 Å². The van der Waals surface area contributed by atoms with Crippen LogP contribution in [0.2, 0.25) is 0 Å². The van der Waals surface area contributed by atoms with Crippen LogP contribution in [0, 0.1) is 0 Å². The zero-order valence-electron chi connectivity index (χ0n) is 16.4. The molecule has 0 aliphatic heterocycles. The number of carbonyl (C=O) groups excluding carboxylic acids is 1. The monoisotopic (exact) mass is 410 g/mol. The minimum Gasteiger partial charge on any atom is -0.497 e. The van der Waals surface area contributed by atoms with Crippen LogP contribution in [0.4, 0.5) is 0 Å². The number of hydrogen-bond donors (Lipinski definition) is 3. The van der Waals surface area contributed by atoms with Crippen LogP contribution in [0.15, 0.2) is 72.1 Å². The lowest BCUT2D eigenvalue weighted by atomic mass is 10.0. The largest absolute Gasteiger partial charge is 0.497 e. The summed E-state index contributed by atoms with van der Waals surface area (Å²) < 4.78 is 5.24. The first kappa shape index (κ1) is 21.0. The predicted octanol–water partition coefficient (Wildman–Crippen LogP) is 3.25. The molecule has 152 valence electrons. The van der Waals surface area contributed by atoms with Crippen molar-refractivity contribution in [2.75, 3.05) is 13.7 Å². The second-order valence-corrected chi connectivity index (χ2v) is 7.81. The number of ether oxygens (including phenoxy) is 1. The zero-order valence-corrected chi connectivity index (χ0v) is 17.2. The van der Waals surface area contributed by atoms with Gasteiger partial charge in [0.25, 0.3) is 5.91 Å². The van der Waals surface area contributed by atoms with Crippen molar-refractivity contribution in [3.05, 3.63) is 88.1 Å². The average molecular weight is 411 g/mol. The van der Waals surface area contributed by atoms with Crippen molar-refractivity contribution >= 4 is 17.2 Å². The standard InChI is InChI=1S/C23H26N2O3S/c1-28-19-10-5-7-17(13-19)15-24-16-22(26)21(14-20-11-6-12-29-20)25-23(27)18-8-3-2-4-9-18/h2-13,21-22,24,26H,14-16H2,1H3,(H,25,27)/t21-,22+/m0/s1. The number of aliphatic hydroxyl groups is 1. The van der Waals surface area contributed by atoms with Crippen LogP contribution in [0.1, 0.15) is 20.8 Å². The van der Waals surface area contributed by atoms with Crippen molar-refractivity contribution in [2.45, 2.75) is 25.1 Å². The van der Waals surface area contributed by atoms with Gasteiger partial charge in [0.2, 0.25) is 0 Å². The highest BCUT2D eigenvalue weighted by molar-refractivity contribution is 7.09. The van der Waals surface area contributed by atoms with E-state index in [1.807, 2.05) is 60.0 Å². The molecule has 29 heavy (non-hydrogen) atoms. The van der Waals surface area contributed by atoms with Crippen LogP contribution in [-0.4, -0.2) is 36.8 Å². The first-order valence-corrected chi connectivity index (χ1v) is 10.4. The van der Waals surface area contributed by atoms with Gasteiger partial charge in [-0.1, -0.05) is 36.4 Å². The van der Waals surface area contributed by atoms with Gasteiger partial charge in [-0.3, -0.25) is 4.79 Å². The van der Waals surface area contributed by atoms with Gasteiger partial charge in [-0.2, -0.15) is 0 Å². The molecule has 0 saturated carbocycles. The third-order valence-electron chi connectivity index (χ3n) is 4.63. The van der Waals surface area contributed by atoms with Crippen LogP contribution >= 0.6 is 11.3 Å². The number of aliphatic hydroxyl groups excluding tert-OH is 1. The normalized spacial score (nSPS) is 12.9. The molecule has 0 aliphatic rings. The molecule has 2 atom stereocenters. The van der Waals surface area contributed by atoms with E-state index in [1.165, 1.54) is 0 Å². The molecule has 2 aromatic carbocycles. The summed E-state index contributed by atoms with van der Waals surface area (Å²) in [6.45, 7) is 0.967. The van der Waals surface area contributed by atoms with Crippen LogP contribution in [0.3, 0.4) is 0 Å². The Bertz CT molecular complexity index is 884. The molecule has 3 N–H and O–H groups in total. The molecular weight excluding hydrogens is 384 g/mol. The summed E-state index contributed by atoms with van der Waals surface area (Å²) in [6.07, 6.45) is -0.145. The van der Waals surface area contributed by atoms with E-state index in [4.69, 9.17) is 4.74 Å². The van der Waals surface area contributed by atoms with Crippen molar-refractivity contribution in [3.63, 3.8) is 0 Å². The first-order chi connectivity index (χ1) is 14.2. The van der Waals surface area contributed by atoms with E-state index in [9.17, 15) is 9.90 Å². The summed E-state index contributed by atoms with van der Waals surface area (Å²) in [5.41, 5.74) is 1.65. The van der Waals surface area contributed by atoms with E-state index < -0.39 is 6.10 Å². The molecule has 0 radical (unpaired) electrons. The predicted molar refractivity (Wildman–Crippen MR) is 116 cm³/mol. The maximum atomic E-state index is 12.6. The number of hydrogen-bond acceptors (Lipinski definition) is 5. The summed E-state index contributed by atoms with van der Waals surface area (Å²) in [5, 5.41) is 19.1. The first-order valence-electron chi connectivity index (χ1n) is 9.55. The number of thiophene rings is 1. The molecule has 0 bridgehead atoms. The van der Waals surface area contributed by atoms with E-state index in [-0.39, 0.29) is 11.9 Å². The zero-order chi connectivity index (χ0) is 20.5. The molecule has 3 rings (SSSR count). The van der Waals surface area contributed by atoms with Gasteiger partial charge in [0.15, 0.2) is 0 Å². The van der Waals surface area contributed by atoms with E-state index in [0.29, 0.717) is 25.1 Å². The lowest BCUT2D eigenvalue weighted by molar-refractivity contribution is 0.0831. The fraction of sp³-hybridized carbons (Fsp3) is 0.261. The van der Waals surface area contributed by atoms with Gasteiger partial charge < -0.3 is 20.5 Å². The maximum Gasteiger partial charge on any atom is 0.251 e. The Labute approximate surface area is 175 Å². The van der Waals surface area contributed by atoms with E-state index in [2.05, 4.69) is 10.6 Å². The number of amides is 1. The van der Waals surface area contributed by atoms with Crippen LogP contribution < -0.4 is 15.4 Å². The summed E-state index contributed by atoms with van der Waals surface area (Å²) in [7, 11) is 1.64. The Kier molecular flexibility index (Phi) is 7.81. The molecule has 1 amide bonds. The van der Waals surface area contributed by atoms with Crippen LogP contribution in [0.5, 0.6) is 5.75 Å². The highest BCUT2D eigenvalue weighted by atomic mass is 32.1. The molecule has 0 fully saturated rings. The molecule has 6 heteroatoms. The molecule has 0 unspecified atom stereocenters.